The summed E-state index contributed by atoms with van der Waals surface area (Å²) >= 11 is 0. The molecule has 1 aromatic rings. The van der Waals surface area contributed by atoms with Crippen molar-refractivity contribution in [3.05, 3.63) is 29.8 Å². The molecule has 0 radical (unpaired) electrons. The first kappa shape index (κ1) is 13.5. The molecule has 5 nitrogen and oxygen atoms in total. The number of methoxy groups -OCH3 is 1. The molecule has 0 heterocycles. The first-order valence-electron chi connectivity index (χ1n) is 5.28. The predicted octanol–water partition coefficient (Wildman–Crippen LogP) is 0.362. The van der Waals surface area contributed by atoms with Crippen LogP contribution in [0.1, 0.15) is 12.5 Å². The number of nitrogens with one attached hydrogen (secondary N) is 1. The molecule has 0 aliphatic rings. The summed E-state index contributed by atoms with van der Waals surface area (Å²) in [7, 11) is 1.31. The minimum absolute atomic E-state index is 0.0787. The van der Waals surface area contributed by atoms with Gasteiger partial charge in [0.1, 0.15) is 11.3 Å². The van der Waals surface area contributed by atoms with Gasteiger partial charge < -0.3 is 14.9 Å². The van der Waals surface area contributed by atoms with Crippen molar-refractivity contribution < 1.29 is 19.7 Å². The summed E-state index contributed by atoms with van der Waals surface area (Å²) in [5, 5.41) is 21.0. The molecular weight excluding hydrogens is 222 g/mol. The van der Waals surface area contributed by atoms with Gasteiger partial charge in [0.2, 0.25) is 0 Å². The van der Waals surface area contributed by atoms with Gasteiger partial charge in [0.05, 0.1) is 13.7 Å². The van der Waals surface area contributed by atoms with E-state index >= 15 is 0 Å². The number of phenols is 1. The normalized spacial score (nSPS) is 14.1. The molecule has 3 N–H and O–H groups in total. The number of benzene rings is 1. The lowest BCUT2D eigenvalue weighted by Crippen LogP contribution is -2.48. The van der Waals surface area contributed by atoms with Gasteiger partial charge in [-0.15, -0.1) is 0 Å². The zero-order valence-corrected chi connectivity index (χ0v) is 9.93. The van der Waals surface area contributed by atoms with Gasteiger partial charge in [0.15, 0.2) is 0 Å². The highest BCUT2D eigenvalue weighted by molar-refractivity contribution is 5.82. The van der Waals surface area contributed by atoms with Gasteiger partial charge in [0, 0.05) is 6.54 Å². The van der Waals surface area contributed by atoms with Crippen molar-refractivity contribution in [2.75, 3.05) is 20.3 Å². The Morgan fingerprint density at radius 2 is 2.00 bits per heavy atom. The SMILES string of the molecule is COC(=O)C(C)(NCCO)c1ccc(O)cc1. The van der Waals surface area contributed by atoms with Crippen LogP contribution in [0.4, 0.5) is 0 Å². The molecule has 0 aliphatic heterocycles. The summed E-state index contributed by atoms with van der Waals surface area (Å²) in [5.74, 6) is -0.320. The summed E-state index contributed by atoms with van der Waals surface area (Å²) in [4.78, 5) is 11.8. The molecule has 0 amide bonds. The van der Waals surface area contributed by atoms with Crippen molar-refractivity contribution in [1.29, 1.82) is 0 Å². The quantitative estimate of drug-likeness (QED) is 0.647. The van der Waals surface area contributed by atoms with Gasteiger partial charge in [-0.25, -0.2) is 4.79 Å². The first-order valence-corrected chi connectivity index (χ1v) is 5.28. The van der Waals surface area contributed by atoms with E-state index in [4.69, 9.17) is 9.84 Å². The molecule has 94 valence electrons. The highest BCUT2D eigenvalue weighted by Gasteiger charge is 2.35. The maximum atomic E-state index is 11.8. The van der Waals surface area contributed by atoms with Crippen LogP contribution >= 0.6 is 0 Å². The summed E-state index contributed by atoms with van der Waals surface area (Å²) in [6.45, 7) is 1.86. The largest absolute Gasteiger partial charge is 0.508 e. The Labute approximate surface area is 100 Å². The van der Waals surface area contributed by atoms with E-state index in [1.54, 1.807) is 19.1 Å². The third-order valence-electron chi connectivity index (χ3n) is 2.63. The molecule has 1 rings (SSSR count). The summed E-state index contributed by atoms with van der Waals surface area (Å²) in [6.07, 6.45) is 0. The zero-order valence-electron chi connectivity index (χ0n) is 9.93. The lowest BCUT2D eigenvalue weighted by molar-refractivity contribution is -0.148. The van der Waals surface area contributed by atoms with Crippen LogP contribution in [-0.2, 0) is 15.1 Å². The van der Waals surface area contributed by atoms with E-state index < -0.39 is 11.5 Å². The fourth-order valence-corrected chi connectivity index (χ4v) is 1.60. The van der Waals surface area contributed by atoms with E-state index in [1.807, 2.05) is 0 Å². The van der Waals surface area contributed by atoms with Crippen LogP contribution < -0.4 is 5.32 Å². The van der Waals surface area contributed by atoms with Crippen LogP contribution in [0.2, 0.25) is 0 Å². The van der Waals surface area contributed by atoms with Crippen LogP contribution in [0.5, 0.6) is 5.75 Å². The van der Waals surface area contributed by atoms with Gasteiger partial charge in [0.25, 0.3) is 0 Å². The number of aliphatic hydroxyl groups is 1. The Hall–Kier alpha value is -1.59. The number of carbonyl (C=O) groups excluding carboxylic acids is 1. The second-order valence-corrected chi connectivity index (χ2v) is 3.81. The van der Waals surface area contributed by atoms with Gasteiger partial charge in [-0.1, -0.05) is 12.1 Å². The first-order chi connectivity index (χ1) is 8.04. The predicted molar refractivity (Wildman–Crippen MR) is 62.6 cm³/mol. The fourth-order valence-electron chi connectivity index (χ4n) is 1.60. The molecular formula is C12H17NO4. The van der Waals surface area contributed by atoms with E-state index in [9.17, 15) is 9.90 Å². The Bertz CT molecular complexity index is 377. The number of aromatic hydroxyl groups is 1. The molecule has 0 aliphatic carbocycles. The van der Waals surface area contributed by atoms with Crippen molar-refractivity contribution in [1.82, 2.24) is 5.32 Å². The Kier molecular flexibility index (Phi) is 4.48. The maximum absolute atomic E-state index is 11.8. The average Bonchev–Trinajstić information content (AvgIpc) is 2.35. The number of rotatable bonds is 5. The number of phenolic OH excluding ortho intramolecular Hbond substituents is 1. The molecule has 1 atom stereocenters. The number of esters is 1. The Morgan fingerprint density at radius 3 is 2.47 bits per heavy atom. The molecule has 0 aromatic heterocycles. The monoisotopic (exact) mass is 239 g/mol. The van der Waals surface area contributed by atoms with Crippen molar-refractivity contribution in [3.8, 4) is 5.75 Å². The van der Waals surface area contributed by atoms with Crippen LogP contribution in [-0.4, -0.2) is 36.4 Å². The zero-order chi connectivity index (χ0) is 12.9. The highest BCUT2D eigenvalue weighted by atomic mass is 16.5. The molecule has 5 heteroatoms. The molecule has 0 saturated heterocycles. The number of aliphatic hydroxyl groups excluding tert-OH is 1. The minimum Gasteiger partial charge on any atom is -0.508 e. The summed E-state index contributed by atoms with van der Waals surface area (Å²) in [5.41, 5.74) is -0.374. The van der Waals surface area contributed by atoms with E-state index in [-0.39, 0.29) is 18.9 Å². The molecule has 17 heavy (non-hydrogen) atoms. The molecule has 0 saturated carbocycles. The Morgan fingerprint density at radius 1 is 1.41 bits per heavy atom. The number of carbonyl (C=O) groups is 1. The van der Waals surface area contributed by atoms with Gasteiger partial charge in [-0.05, 0) is 24.6 Å². The highest BCUT2D eigenvalue weighted by Crippen LogP contribution is 2.24. The summed E-state index contributed by atoms with van der Waals surface area (Å²) < 4.78 is 4.75. The molecule has 0 spiro atoms. The van der Waals surface area contributed by atoms with E-state index in [0.717, 1.165) is 0 Å². The fraction of sp³-hybridized carbons (Fsp3) is 0.417. The standard InChI is InChI=1S/C12H17NO4/c1-12(11(16)17-2,13-7-8-14)9-3-5-10(15)6-4-9/h3-6,13-15H,7-8H2,1-2H3. The Balaban J connectivity index is 3.04. The van der Waals surface area contributed by atoms with Crippen molar-refractivity contribution in [2.45, 2.75) is 12.5 Å². The molecule has 0 bridgehead atoms. The van der Waals surface area contributed by atoms with E-state index in [2.05, 4.69) is 5.32 Å². The van der Waals surface area contributed by atoms with E-state index in [1.165, 1.54) is 19.2 Å². The number of hydrogen-bond acceptors (Lipinski definition) is 5. The lowest BCUT2D eigenvalue weighted by atomic mass is 9.92. The minimum atomic E-state index is -1.04. The van der Waals surface area contributed by atoms with Crippen LogP contribution in [0.3, 0.4) is 0 Å². The third kappa shape index (κ3) is 2.95. The molecule has 1 aromatic carbocycles. The second kappa shape index (κ2) is 5.65. The molecule has 0 fully saturated rings. The lowest BCUT2D eigenvalue weighted by Gasteiger charge is -2.28. The van der Waals surface area contributed by atoms with Crippen molar-refractivity contribution in [2.24, 2.45) is 0 Å². The van der Waals surface area contributed by atoms with Crippen LogP contribution in [0, 0.1) is 0 Å². The third-order valence-corrected chi connectivity index (χ3v) is 2.63. The number of ether oxygens (including phenoxy) is 1. The van der Waals surface area contributed by atoms with Crippen LogP contribution in [0.15, 0.2) is 24.3 Å². The maximum Gasteiger partial charge on any atom is 0.330 e. The molecule has 1 unspecified atom stereocenters. The van der Waals surface area contributed by atoms with Gasteiger partial charge >= 0.3 is 5.97 Å². The topological polar surface area (TPSA) is 78.8 Å². The van der Waals surface area contributed by atoms with Crippen LogP contribution in [0.25, 0.3) is 0 Å². The van der Waals surface area contributed by atoms with Gasteiger partial charge in [-0.3, -0.25) is 5.32 Å². The average molecular weight is 239 g/mol. The summed E-state index contributed by atoms with van der Waals surface area (Å²) in [6, 6.07) is 6.27. The van der Waals surface area contributed by atoms with Crippen molar-refractivity contribution in [3.63, 3.8) is 0 Å². The van der Waals surface area contributed by atoms with E-state index in [0.29, 0.717) is 5.56 Å². The number of hydrogen-bond donors (Lipinski definition) is 3. The van der Waals surface area contributed by atoms with Gasteiger partial charge in [-0.2, -0.15) is 0 Å². The van der Waals surface area contributed by atoms with Crippen molar-refractivity contribution >= 4 is 5.97 Å². The smallest absolute Gasteiger partial charge is 0.330 e. The second-order valence-electron chi connectivity index (χ2n) is 3.81.